The van der Waals surface area contributed by atoms with E-state index < -0.39 is 0 Å². The van der Waals surface area contributed by atoms with Crippen molar-refractivity contribution in [3.05, 3.63) is 57.7 Å². The number of carbonyl (C=O) groups is 1. The first-order valence-corrected chi connectivity index (χ1v) is 10.5. The SMILES string of the molecule is CC(C)[C@H](N)c1nc(C(=O)N2CCc3[nH]nc(-c4ccccc4)c3CC2)cs1. The Bertz CT molecular complexity index is 962. The molecule has 146 valence electrons. The van der Waals surface area contributed by atoms with Gasteiger partial charge in [-0.15, -0.1) is 11.3 Å². The van der Waals surface area contributed by atoms with E-state index in [0.717, 1.165) is 34.8 Å². The highest BCUT2D eigenvalue weighted by Gasteiger charge is 2.25. The van der Waals surface area contributed by atoms with Gasteiger partial charge in [-0.25, -0.2) is 4.98 Å². The van der Waals surface area contributed by atoms with Gasteiger partial charge in [0.05, 0.1) is 11.7 Å². The number of fused-ring (bicyclic) bond motifs is 1. The molecule has 6 nitrogen and oxygen atoms in total. The number of aromatic nitrogens is 3. The van der Waals surface area contributed by atoms with E-state index in [-0.39, 0.29) is 11.9 Å². The molecule has 7 heteroatoms. The highest BCUT2D eigenvalue weighted by molar-refractivity contribution is 7.09. The van der Waals surface area contributed by atoms with Crippen molar-refractivity contribution in [1.82, 2.24) is 20.1 Å². The molecule has 2 aromatic heterocycles. The number of aromatic amines is 1. The fourth-order valence-corrected chi connectivity index (χ4v) is 4.47. The van der Waals surface area contributed by atoms with Crippen LogP contribution in [0.4, 0.5) is 0 Å². The van der Waals surface area contributed by atoms with E-state index in [0.29, 0.717) is 24.7 Å². The fraction of sp³-hybridized carbons (Fsp3) is 0.381. The molecule has 0 saturated heterocycles. The van der Waals surface area contributed by atoms with Crippen molar-refractivity contribution in [3.63, 3.8) is 0 Å². The molecule has 0 spiro atoms. The molecule has 0 saturated carbocycles. The molecule has 1 amide bonds. The lowest BCUT2D eigenvalue weighted by Gasteiger charge is -2.19. The van der Waals surface area contributed by atoms with Gasteiger partial charge in [-0.3, -0.25) is 9.89 Å². The first-order valence-electron chi connectivity index (χ1n) is 9.66. The van der Waals surface area contributed by atoms with Crippen LogP contribution in [0.15, 0.2) is 35.7 Å². The second-order valence-electron chi connectivity index (χ2n) is 7.53. The van der Waals surface area contributed by atoms with Gasteiger partial charge in [0.2, 0.25) is 0 Å². The predicted octanol–water partition coefficient (Wildman–Crippen LogP) is 3.43. The summed E-state index contributed by atoms with van der Waals surface area (Å²) in [5.74, 6) is 0.277. The third kappa shape index (κ3) is 3.59. The van der Waals surface area contributed by atoms with Crippen molar-refractivity contribution in [2.75, 3.05) is 13.1 Å². The molecule has 3 aromatic rings. The quantitative estimate of drug-likeness (QED) is 0.708. The largest absolute Gasteiger partial charge is 0.337 e. The normalized spacial score (nSPS) is 15.4. The zero-order valence-electron chi connectivity index (χ0n) is 16.2. The maximum absolute atomic E-state index is 13.0. The van der Waals surface area contributed by atoms with Gasteiger partial charge in [0, 0.05) is 41.7 Å². The predicted molar refractivity (Wildman–Crippen MR) is 111 cm³/mol. The average molecular weight is 396 g/mol. The number of benzene rings is 1. The van der Waals surface area contributed by atoms with Crippen molar-refractivity contribution >= 4 is 17.2 Å². The minimum Gasteiger partial charge on any atom is -0.337 e. The topological polar surface area (TPSA) is 87.9 Å². The third-order valence-electron chi connectivity index (χ3n) is 5.30. The van der Waals surface area contributed by atoms with Crippen molar-refractivity contribution in [3.8, 4) is 11.3 Å². The number of nitrogens with zero attached hydrogens (tertiary/aromatic N) is 3. The van der Waals surface area contributed by atoms with Crippen LogP contribution in [-0.2, 0) is 12.8 Å². The van der Waals surface area contributed by atoms with Crippen molar-refractivity contribution in [2.24, 2.45) is 11.7 Å². The smallest absolute Gasteiger partial charge is 0.273 e. The molecule has 28 heavy (non-hydrogen) atoms. The molecule has 0 fully saturated rings. The van der Waals surface area contributed by atoms with Crippen LogP contribution >= 0.6 is 11.3 Å². The second kappa shape index (κ2) is 7.85. The molecule has 1 aliphatic heterocycles. The highest BCUT2D eigenvalue weighted by atomic mass is 32.1. The van der Waals surface area contributed by atoms with Gasteiger partial charge in [0.25, 0.3) is 5.91 Å². The standard InChI is InChI=1S/C21H25N5OS/c1-13(2)18(22)20-23-17(12-28-20)21(27)26-10-8-15-16(9-11-26)24-25-19(15)14-6-4-3-5-7-14/h3-7,12-13,18H,8-11,22H2,1-2H3,(H,24,25)/t18-/m0/s1. The molecular formula is C21H25N5OS. The third-order valence-corrected chi connectivity index (χ3v) is 6.24. The van der Waals surface area contributed by atoms with Crippen LogP contribution in [0.2, 0.25) is 0 Å². The maximum atomic E-state index is 13.0. The molecule has 4 rings (SSSR count). The molecule has 0 radical (unpaired) electrons. The minimum atomic E-state index is -0.130. The highest BCUT2D eigenvalue weighted by Crippen LogP contribution is 2.27. The zero-order valence-corrected chi connectivity index (χ0v) is 17.0. The van der Waals surface area contributed by atoms with Crippen molar-refractivity contribution < 1.29 is 4.79 Å². The van der Waals surface area contributed by atoms with E-state index in [1.807, 2.05) is 28.5 Å². The number of rotatable bonds is 4. The Morgan fingerprint density at radius 3 is 2.71 bits per heavy atom. The first kappa shape index (κ1) is 18.8. The number of amides is 1. The summed E-state index contributed by atoms with van der Waals surface area (Å²) in [5.41, 5.74) is 11.1. The number of nitrogens with one attached hydrogen (secondary N) is 1. The van der Waals surface area contributed by atoms with Crippen molar-refractivity contribution in [2.45, 2.75) is 32.7 Å². The zero-order chi connectivity index (χ0) is 19.7. The summed E-state index contributed by atoms with van der Waals surface area (Å²) in [6, 6.07) is 10.0. The molecule has 3 heterocycles. The number of hydrogen-bond acceptors (Lipinski definition) is 5. The Balaban J connectivity index is 1.50. The van der Waals surface area contributed by atoms with E-state index in [1.165, 1.54) is 16.9 Å². The van der Waals surface area contributed by atoms with Gasteiger partial charge in [-0.05, 0) is 12.3 Å². The minimum absolute atomic E-state index is 0.0159. The van der Waals surface area contributed by atoms with E-state index in [9.17, 15) is 4.79 Å². The summed E-state index contributed by atoms with van der Waals surface area (Å²) in [5, 5.41) is 10.4. The number of carbonyl (C=O) groups excluding carboxylic acids is 1. The molecule has 0 unspecified atom stereocenters. The average Bonchev–Trinajstić information content (AvgIpc) is 3.30. The monoisotopic (exact) mass is 395 g/mol. The van der Waals surface area contributed by atoms with Crippen LogP contribution in [0.3, 0.4) is 0 Å². The summed E-state index contributed by atoms with van der Waals surface area (Å²) < 4.78 is 0. The molecule has 1 aliphatic rings. The molecular weight excluding hydrogens is 370 g/mol. The Morgan fingerprint density at radius 1 is 1.21 bits per heavy atom. The van der Waals surface area contributed by atoms with Crippen LogP contribution in [0.1, 0.15) is 46.6 Å². The fourth-order valence-electron chi connectivity index (χ4n) is 3.51. The number of thiazole rings is 1. The summed E-state index contributed by atoms with van der Waals surface area (Å²) >= 11 is 1.47. The van der Waals surface area contributed by atoms with Crippen LogP contribution in [-0.4, -0.2) is 39.1 Å². The maximum Gasteiger partial charge on any atom is 0.273 e. The first-order chi connectivity index (χ1) is 13.5. The Hall–Kier alpha value is -2.51. The van der Waals surface area contributed by atoms with Gasteiger partial charge in [0.15, 0.2) is 0 Å². The summed E-state index contributed by atoms with van der Waals surface area (Å²) in [4.78, 5) is 19.4. The van der Waals surface area contributed by atoms with E-state index >= 15 is 0 Å². The lowest BCUT2D eigenvalue weighted by molar-refractivity contribution is 0.0757. The summed E-state index contributed by atoms with van der Waals surface area (Å²) in [6.07, 6.45) is 1.55. The lowest BCUT2D eigenvalue weighted by Crippen LogP contribution is -2.33. The summed E-state index contributed by atoms with van der Waals surface area (Å²) in [6.45, 7) is 5.45. The van der Waals surface area contributed by atoms with E-state index in [4.69, 9.17) is 5.73 Å². The number of nitrogens with two attached hydrogens (primary N) is 1. The van der Waals surface area contributed by atoms with Gasteiger partial charge in [0.1, 0.15) is 10.7 Å². The van der Waals surface area contributed by atoms with Crippen LogP contribution < -0.4 is 5.73 Å². The number of hydrogen-bond donors (Lipinski definition) is 2. The van der Waals surface area contributed by atoms with Gasteiger partial charge in [-0.2, -0.15) is 5.10 Å². The van der Waals surface area contributed by atoms with Crippen molar-refractivity contribution in [1.29, 1.82) is 0 Å². The lowest BCUT2D eigenvalue weighted by atomic mass is 10.0. The van der Waals surface area contributed by atoms with Gasteiger partial charge >= 0.3 is 0 Å². The summed E-state index contributed by atoms with van der Waals surface area (Å²) in [7, 11) is 0. The Kier molecular flexibility index (Phi) is 5.28. The van der Waals surface area contributed by atoms with E-state index in [2.05, 4.69) is 41.2 Å². The molecule has 0 bridgehead atoms. The Morgan fingerprint density at radius 2 is 1.96 bits per heavy atom. The molecule has 1 aromatic carbocycles. The molecule has 3 N–H and O–H groups in total. The van der Waals surface area contributed by atoms with Gasteiger partial charge < -0.3 is 10.6 Å². The van der Waals surface area contributed by atoms with Crippen LogP contribution in [0.25, 0.3) is 11.3 Å². The second-order valence-corrected chi connectivity index (χ2v) is 8.42. The molecule has 1 atom stereocenters. The van der Waals surface area contributed by atoms with Crippen LogP contribution in [0.5, 0.6) is 0 Å². The number of H-pyrrole nitrogens is 1. The Labute approximate surface area is 168 Å². The van der Waals surface area contributed by atoms with Gasteiger partial charge in [-0.1, -0.05) is 44.2 Å². The molecule has 0 aliphatic carbocycles. The van der Waals surface area contributed by atoms with E-state index in [1.54, 1.807) is 0 Å². The van der Waals surface area contributed by atoms with Crippen LogP contribution in [0, 0.1) is 5.92 Å².